The van der Waals surface area contributed by atoms with Crippen molar-refractivity contribution in [3.8, 4) is 22.6 Å². The first-order chi connectivity index (χ1) is 14.5. The maximum atomic E-state index is 14.5. The van der Waals surface area contributed by atoms with Crippen LogP contribution in [0.25, 0.3) is 22.6 Å². The van der Waals surface area contributed by atoms with E-state index >= 15 is 0 Å². The fourth-order valence-corrected chi connectivity index (χ4v) is 3.72. The highest BCUT2D eigenvalue weighted by Crippen LogP contribution is 2.31. The lowest BCUT2D eigenvalue weighted by molar-refractivity contribution is 0.102. The van der Waals surface area contributed by atoms with E-state index in [1.165, 1.54) is 18.5 Å². The molecule has 0 aliphatic carbocycles. The third-order valence-electron chi connectivity index (χ3n) is 4.37. The van der Waals surface area contributed by atoms with Crippen molar-refractivity contribution in [3.63, 3.8) is 0 Å². The lowest BCUT2D eigenvalue weighted by atomic mass is 10.1. The van der Waals surface area contributed by atoms with Crippen molar-refractivity contribution in [2.24, 2.45) is 0 Å². The molecule has 4 rings (SSSR count). The number of nitrogens with zero attached hydrogens (tertiary/aromatic N) is 4. The number of anilines is 1. The van der Waals surface area contributed by atoms with Crippen molar-refractivity contribution >= 4 is 22.4 Å². The number of carbonyl (C=O) groups excluding carboxylic acids is 1. The molecular weight excluding hydrogens is 408 g/mol. The molecule has 1 amide bonds. The summed E-state index contributed by atoms with van der Waals surface area (Å²) >= 11 is 0.699. The van der Waals surface area contributed by atoms with Crippen LogP contribution in [0.5, 0.6) is 0 Å². The predicted octanol–water partition coefficient (Wildman–Crippen LogP) is 5.18. The summed E-state index contributed by atoms with van der Waals surface area (Å²) in [5.74, 6) is -1.02. The van der Waals surface area contributed by atoms with Crippen molar-refractivity contribution in [3.05, 3.63) is 71.4 Å². The molecule has 4 aromatic rings. The van der Waals surface area contributed by atoms with Crippen molar-refractivity contribution in [2.45, 2.75) is 19.9 Å². The number of nitrogens with one attached hydrogen (secondary N) is 1. The first kappa shape index (κ1) is 19.8. The predicted molar refractivity (Wildman–Crippen MR) is 111 cm³/mol. The Labute approximate surface area is 175 Å². The van der Waals surface area contributed by atoms with Crippen molar-refractivity contribution in [1.82, 2.24) is 19.7 Å². The van der Waals surface area contributed by atoms with E-state index in [2.05, 4.69) is 20.4 Å². The molecule has 6 nitrogen and oxygen atoms in total. The zero-order valence-electron chi connectivity index (χ0n) is 16.1. The zero-order valence-corrected chi connectivity index (χ0v) is 17.0. The first-order valence-corrected chi connectivity index (χ1v) is 9.99. The summed E-state index contributed by atoms with van der Waals surface area (Å²) in [4.78, 5) is 21.2. The quantitative estimate of drug-likeness (QED) is 0.478. The normalized spacial score (nSPS) is 11.1. The molecule has 30 heavy (non-hydrogen) atoms. The van der Waals surface area contributed by atoms with Crippen LogP contribution in [0.4, 0.5) is 13.9 Å². The minimum atomic E-state index is -0.559. The maximum absolute atomic E-state index is 14.5. The number of pyridine rings is 1. The van der Waals surface area contributed by atoms with Gasteiger partial charge in [-0.3, -0.25) is 19.8 Å². The lowest BCUT2D eigenvalue weighted by Crippen LogP contribution is -2.14. The Morgan fingerprint density at radius 3 is 2.60 bits per heavy atom. The van der Waals surface area contributed by atoms with Gasteiger partial charge in [0, 0.05) is 17.8 Å². The molecule has 0 bridgehead atoms. The number of hydrogen-bond acceptors (Lipinski definition) is 5. The molecule has 0 aliphatic heterocycles. The van der Waals surface area contributed by atoms with Gasteiger partial charge in [-0.15, -0.1) is 0 Å². The highest BCUT2D eigenvalue weighted by atomic mass is 32.1. The maximum Gasteiger partial charge on any atom is 0.261 e. The summed E-state index contributed by atoms with van der Waals surface area (Å²) in [5.41, 5.74) is 1.20. The second kappa shape index (κ2) is 8.11. The number of amides is 1. The van der Waals surface area contributed by atoms with Crippen LogP contribution in [0.15, 0.2) is 54.9 Å². The van der Waals surface area contributed by atoms with Crippen LogP contribution < -0.4 is 5.32 Å². The first-order valence-electron chi connectivity index (χ1n) is 9.17. The van der Waals surface area contributed by atoms with E-state index in [4.69, 9.17) is 0 Å². The third-order valence-corrected chi connectivity index (χ3v) is 5.13. The van der Waals surface area contributed by atoms with E-state index < -0.39 is 16.9 Å². The van der Waals surface area contributed by atoms with Crippen LogP contribution in [0, 0.1) is 10.9 Å². The SMILES string of the molecule is CC(C)n1ncc(C(=O)Nc2nc(-c3ccccn3)c(F)s2)c1-c1ccccc1F. The van der Waals surface area contributed by atoms with Crippen LogP contribution in [-0.4, -0.2) is 25.7 Å². The Balaban J connectivity index is 1.69. The van der Waals surface area contributed by atoms with E-state index in [9.17, 15) is 13.6 Å². The smallest absolute Gasteiger partial charge is 0.261 e. The summed E-state index contributed by atoms with van der Waals surface area (Å²) in [5, 5.41) is 6.37. The van der Waals surface area contributed by atoms with E-state index in [-0.39, 0.29) is 28.0 Å². The standard InChI is InChI=1S/C21H17F2N5OS/c1-12(2)28-18(13-7-3-4-8-15(13)22)14(11-25-28)20(29)27-21-26-17(19(23)30-21)16-9-5-6-10-24-16/h3-12H,1-2H3,(H,26,27,29). The second-order valence-corrected chi connectivity index (χ2v) is 7.68. The Kier molecular flexibility index (Phi) is 5.37. The number of halogens is 2. The molecule has 152 valence electrons. The van der Waals surface area contributed by atoms with E-state index in [1.807, 2.05) is 13.8 Å². The number of aromatic nitrogens is 4. The van der Waals surface area contributed by atoms with Gasteiger partial charge in [-0.25, -0.2) is 9.37 Å². The molecule has 3 heterocycles. The van der Waals surface area contributed by atoms with Gasteiger partial charge >= 0.3 is 0 Å². The van der Waals surface area contributed by atoms with E-state index in [1.54, 1.807) is 41.1 Å². The molecule has 0 fully saturated rings. The molecule has 0 unspecified atom stereocenters. The highest BCUT2D eigenvalue weighted by Gasteiger charge is 2.24. The molecule has 9 heteroatoms. The average molecular weight is 425 g/mol. The van der Waals surface area contributed by atoms with Gasteiger partial charge in [0.05, 0.1) is 23.1 Å². The Hall–Kier alpha value is -3.46. The number of thiazole rings is 1. The van der Waals surface area contributed by atoms with Gasteiger partial charge in [0.25, 0.3) is 5.91 Å². The molecule has 3 aromatic heterocycles. The average Bonchev–Trinajstić information content (AvgIpc) is 3.33. The van der Waals surface area contributed by atoms with E-state index in [0.29, 0.717) is 22.7 Å². The van der Waals surface area contributed by atoms with Gasteiger partial charge in [0.15, 0.2) is 5.13 Å². The van der Waals surface area contributed by atoms with Crippen molar-refractivity contribution in [1.29, 1.82) is 0 Å². The van der Waals surface area contributed by atoms with Crippen LogP contribution in [0.1, 0.15) is 30.2 Å². The van der Waals surface area contributed by atoms with Crippen LogP contribution >= 0.6 is 11.3 Å². The van der Waals surface area contributed by atoms with Gasteiger partial charge < -0.3 is 0 Å². The molecule has 0 atom stereocenters. The molecule has 0 saturated carbocycles. The monoisotopic (exact) mass is 425 g/mol. The Bertz CT molecular complexity index is 1200. The molecule has 1 N–H and O–H groups in total. The minimum absolute atomic E-state index is 0.0584. The van der Waals surface area contributed by atoms with Gasteiger partial charge in [0.1, 0.15) is 11.5 Å². The van der Waals surface area contributed by atoms with Crippen LogP contribution in [0.3, 0.4) is 0 Å². The molecule has 1 aromatic carbocycles. The fourth-order valence-electron chi connectivity index (χ4n) is 3.02. The van der Waals surface area contributed by atoms with Gasteiger partial charge in [0.2, 0.25) is 5.13 Å². The molecule has 0 aliphatic rings. The highest BCUT2D eigenvalue weighted by molar-refractivity contribution is 7.14. The van der Waals surface area contributed by atoms with Crippen molar-refractivity contribution < 1.29 is 13.6 Å². The summed E-state index contributed by atoms with van der Waals surface area (Å²) in [6, 6.07) is 11.1. The largest absolute Gasteiger partial charge is 0.298 e. The third kappa shape index (κ3) is 3.71. The fraction of sp³-hybridized carbons (Fsp3) is 0.143. The molecule has 0 spiro atoms. The summed E-state index contributed by atoms with van der Waals surface area (Å²) in [6.45, 7) is 3.77. The van der Waals surface area contributed by atoms with Crippen LogP contribution in [0.2, 0.25) is 0 Å². The van der Waals surface area contributed by atoms with Gasteiger partial charge in [-0.2, -0.15) is 9.49 Å². The number of benzene rings is 1. The van der Waals surface area contributed by atoms with Crippen LogP contribution in [-0.2, 0) is 0 Å². The van der Waals surface area contributed by atoms with Gasteiger partial charge in [-0.05, 0) is 38.1 Å². The molecule has 0 saturated heterocycles. The van der Waals surface area contributed by atoms with E-state index in [0.717, 1.165) is 0 Å². The lowest BCUT2D eigenvalue weighted by Gasteiger charge is -2.13. The summed E-state index contributed by atoms with van der Waals surface area (Å²) in [7, 11) is 0. The molecule has 0 radical (unpaired) electrons. The number of rotatable bonds is 5. The number of carbonyl (C=O) groups is 1. The Morgan fingerprint density at radius 1 is 1.13 bits per heavy atom. The van der Waals surface area contributed by atoms with Gasteiger partial charge in [-0.1, -0.05) is 29.5 Å². The van der Waals surface area contributed by atoms with Crippen molar-refractivity contribution in [2.75, 3.05) is 5.32 Å². The summed E-state index contributed by atoms with van der Waals surface area (Å²) < 4.78 is 30.4. The second-order valence-electron chi connectivity index (χ2n) is 6.74. The topological polar surface area (TPSA) is 72.7 Å². The molecular formula is C21H17F2N5OS. The number of hydrogen-bond donors (Lipinski definition) is 1. The zero-order chi connectivity index (χ0) is 21.3. The minimum Gasteiger partial charge on any atom is -0.298 e. The Morgan fingerprint density at radius 2 is 1.90 bits per heavy atom. The summed E-state index contributed by atoms with van der Waals surface area (Å²) in [6.07, 6.45) is 2.91.